The van der Waals surface area contributed by atoms with Crippen LogP contribution < -0.4 is 10.6 Å². The molecule has 0 saturated carbocycles. The Kier molecular flexibility index (Phi) is 6.94. The lowest BCUT2D eigenvalue weighted by Gasteiger charge is -2.24. The molecule has 2 atom stereocenters. The number of hydrogen-bond donors (Lipinski definition) is 2. The summed E-state index contributed by atoms with van der Waals surface area (Å²) in [6.45, 7) is 4.25. The number of aromatic nitrogens is 3. The summed E-state index contributed by atoms with van der Waals surface area (Å²) in [6, 6.07) is 11.9. The normalized spacial score (nSPS) is 16.2. The smallest absolute Gasteiger partial charge is 0.238 e. The summed E-state index contributed by atoms with van der Waals surface area (Å²) in [5, 5.41) is 13.8. The molecule has 0 bridgehead atoms. The van der Waals surface area contributed by atoms with E-state index in [2.05, 4.69) is 33.0 Å². The summed E-state index contributed by atoms with van der Waals surface area (Å²) in [7, 11) is 0. The Morgan fingerprint density at radius 1 is 1.31 bits per heavy atom. The van der Waals surface area contributed by atoms with Crippen LogP contribution in [0.2, 0.25) is 0 Å². The van der Waals surface area contributed by atoms with E-state index in [0.29, 0.717) is 11.6 Å². The molecule has 4 rings (SSSR count). The van der Waals surface area contributed by atoms with Crippen LogP contribution in [-0.4, -0.2) is 37.8 Å². The van der Waals surface area contributed by atoms with E-state index in [0.717, 1.165) is 31.4 Å². The van der Waals surface area contributed by atoms with Gasteiger partial charge in [-0.05, 0) is 38.7 Å². The first-order valence-corrected chi connectivity index (χ1v) is 11.8. The molecule has 1 aromatic carbocycles. The monoisotopic (exact) mass is 453 g/mol. The predicted octanol–water partition coefficient (Wildman–Crippen LogP) is 3.48. The Morgan fingerprint density at radius 2 is 2.12 bits per heavy atom. The number of aryl methyl sites for hydroxylation is 1. The fourth-order valence-corrected chi connectivity index (χ4v) is 4.52. The van der Waals surface area contributed by atoms with E-state index in [9.17, 15) is 9.59 Å². The van der Waals surface area contributed by atoms with Crippen LogP contribution in [-0.2, 0) is 22.6 Å². The number of nitrogens with zero attached hydrogens (tertiary/aromatic N) is 3. The van der Waals surface area contributed by atoms with Gasteiger partial charge in [-0.15, -0.1) is 11.8 Å². The minimum absolute atomic E-state index is 0.0430. The van der Waals surface area contributed by atoms with Crippen LogP contribution in [0.25, 0.3) is 0 Å². The molecule has 2 N–H and O–H groups in total. The molecule has 8 nitrogen and oxygen atoms in total. The lowest BCUT2D eigenvalue weighted by molar-refractivity contribution is -0.119. The number of anilines is 1. The van der Waals surface area contributed by atoms with Gasteiger partial charge in [0.1, 0.15) is 5.76 Å². The van der Waals surface area contributed by atoms with Gasteiger partial charge in [0.15, 0.2) is 5.82 Å². The first-order valence-electron chi connectivity index (χ1n) is 10.7. The Bertz CT molecular complexity index is 1080. The highest BCUT2D eigenvalue weighted by Gasteiger charge is 2.26. The summed E-state index contributed by atoms with van der Waals surface area (Å²) in [5.41, 5.74) is 3.49. The molecule has 0 aliphatic heterocycles. The maximum Gasteiger partial charge on any atom is 0.238 e. The topological polar surface area (TPSA) is 102 Å². The van der Waals surface area contributed by atoms with Gasteiger partial charge >= 0.3 is 0 Å². The molecule has 0 radical (unpaired) electrons. The van der Waals surface area contributed by atoms with Crippen molar-refractivity contribution in [1.29, 1.82) is 0 Å². The molecule has 2 amide bonds. The van der Waals surface area contributed by atoms with E-state index in [1.54, 1.807) is 19.9 Å². The van der Waals surface area contributed by atoms with E-state index in [1.807, 2.05) is 29.1 Å². The molecule has 32 heavy (non-hydrogen) atoms. The minimum atomic E-state index is -0.395. The number of benzene rings is 1. The highest BCUT2D eigenvalue weighted by Crippen LogP contribution is 2.30. The number of nitrogens with one attached hydrogen (secondary N) is 2. The van der Waals surface area contributed by atoms with Crippen molar-refractivity contribution in [3.8, 4) is 0 Å². The van der Waals surface area contributed by atoms with Crippen molar-refractivity contribution < 1.29 is 14.1 Å². The third kappa shape index (κ3) is 5.40. The van der Waals surface area contributed by atoms with Gasteiger partial charge in [0.2, 0.25) is 11.8 Å². The van der Waals surface area contributed by atoms with Gasteiger partial charge in [-0.2, -0.15) is 5.10 Å². The molecule has 0 fully saturated rings. The van der Waals surface area contributed by atoms with Crippen molar-refractivity contribution in [2.24, 2.45) is 0 Å². The Balaban J connectivity index is 1.30. The summed E-state index contributed by atoms with van der Waals surface area (Å²) in [4.78, 5) is 24.9. The largest absolute Gasteiger partial charge is 0.360 e. The zero-order valence-electron chi connectivity index (χ0n) is 18.2. The van der Waals surface area contributed by atoms with Gasteiger partial charge in [0, 0.05) is 17.3 Å². The van der Waals surface area contributed by atoms with Crippen molar-refractivity contribution in [2.75, 3.05) is 11.1 Å². The Morgan fingerprint density at radius 3 is 2.88 bits per heavy atom. The lowest BCUT2D eigenvalue weighted by atomic mass is 9.93. The number of carbonyl (C=O) groups excluding carboxylic acids is 2. The number of thioether (sulfide) groups is 1. The van der Waals surface area contributed by atoms with E-state index in [1.165, 1.54) is 23.0 Å². The zero-order valence-corrected chi connectivity index (χ0v) is 19.0. The first-order chi connectivity index (χ1) is 15.5. The quantitative estimate of drug-likeness (QED) is 0.541. The second kappa shape index (κ2) is 10.0. The molecule has 9 heteroatoms. The van der Waals surface area contributed by atoms with Gasteiger partial charge in [-0.1, -0.05) is 35.5 Å². The summed E-state index contributed by atoms with van der Waals surface area (Å²) in [6.07, 6.45) is 4.73. The standard InChI is InChI=1S/C23H27N5O3S/c1-15-11-21(27-31-15)26-23(30)16(2)32-14-22(29)25-19-9-6-10-20-18(19)12-24-28(20)13-17-7-4-3-5-8-17/h3-5,7-8,11-12,16,19H,6,9-10,13-14H2,1-2H3,(H,25,29)(H,26,27,30). The van der Waals surface area contributed by atoms with Crippen LogP contribution in [0.4, 0.5) is 5.82 Å². The highest BCUT2D eigenvalue weighted by molar-refractivity contribution is 8.01. The lowest BCUT2D eigenvalue weighted by Crippen LogP contribution is -2.33. The SMILES string of the molecule is Cc1cc(NC(=O)C(C)SCC(=O)NC2CCCc3c2cnn3Cc2ccccc2)no1. The third-order valence-corrected chi connectivity index (χ3v) is 6.63. The zero-order chi connectivity index (χ0) is 22.5. The molecular weight excluding hydrogens is 426 g/mol. The maximum absolute atomic E-state index is 12.6. The van der Waals surface area contributed by atoms with Crippen LogP contribution in [0.15, 0.2) is 47.1 Å². The number of amides is 2. The van der Waals surface area contributed by atoms with Crippen molar-refractivity contribution in [2.45, 2.75) is 50.9 Å². The van der Waals surface area contributed by atoms with Crippen molar-refractivity contribution in [1.82, 2.24) is 20.3 Å². The molecule has 1 aliphatic rings. The molecule has 3 aromatic rings. The molecule has 0 spiro atoms. The predicted molar refractivity (Wildman–Crippen MR) is 123 cm³/mol. The number of hydrogen-bond acceptors (Lipinski definition) is 6. The van der Waals surface area contributed by atoms with Gasteiger partial charge < -0.3 is 15.2 Å². The minimum Gasteiger partial charge on any atom is -0.360 e. The third-order valence-electron chi connectivity index (χ3n) is 5.49. The molecule has 0 saturated heterocycles. The average Bonchev–Trinajstić information content (AvgIpc) is 3.39. The summed E-state index contributed by atoms with van der Waals surface area (Å²) in [5.74, 6) is 0.917. The number of carbonyl (C=O) groups is 2. The van der Waals surface area contributed by atoms with Gasteiger partial charge in [-0.3, -0.25) is 14.3 Å². The van der Waals surface area contributed by atoms with Crippen molar-refractivity contribution in [3.63, 3.8) is 0 Å². The van der Waals surface area contributed by atoms with Gasteiger partial charge in [0.25, 0.3) is 0 Å². The first kappa shape index (κ1) is 22.1. The summed E-state index contributed by atoms with van der Waals surface area (Å²) >= 11 is 1.29. The van der Waals surface area contributed by atoms with Gasteiger partial charge in [-0.25, -0.2) is 0 Å². The van der Waals surface area contributed by atoms with Crippen LogP contribution in [0.1, 0.15) is 48.4 Å². The second-order valence-electron chi connectivity index (χ2n) is 7.97. The van der Waals surface area contributed by atoms with Crippen LogP contribution in [0.3, 0.4) is 0 Å². The van der Waals surface area contributed by atoms with Crippen molar-refractivity contribution >= 4 is 29.4 Å². The van der Waals surface area contributed by atoms with E-state index in [4.69, 9.17) is 4.52 Å². The van der Waals surface area contributed by atoms with Gasteiger partial charge in [0.05, 0.1) is 29.8 Å². The molecular formula is C23H27N5O3S. The van der Waals surface area contributed by atoms with Crippen LogP contribution in [0, 0.1) is 6.92 Å². The average molecular weight is 454 g/mol. The van der Waals surface area contributed by atoms with Crippen LogP contribution in [0.5, 0.6) is 0 Å². The van der Waals surface area contributed by atoms with Crippen LogP contribution >= 0.6 is 11.8 Å². The molecule has 2 heterocycles. The maximum atomic E-state index is 12.6. The second-order valence-corrected chi connectivity index (χ2v) is 9.30. The van der Waals surface area contributed by atoms with Crippen molar-refractivity contribution in [3.05, 3.63) is 65.2 Å². The summed E-state index contributed by atoms with van der Waals surface area (Å²) < 4.78 is 6.99. The molecule has 168 valence electrons. The number of rotatable bonds is 8. The number of fused-ring (bicyclic) bond motifs is 1. The molecule has 2 aromatic heterocycles. The van der Waals surface area contributed by atoms with E-state index >= 15 is 0 Å². The van der Waals surface area contributed by atoms with E-state index < -0.39 is 5.25 Å². The molecule has 2 unspecified atom stereocenters. The fourth-order valence-electron chi connectivity index (χ4n) is 3.83. The Hall–Kier alpha value is -3.07. The molecule has 1 aliphatic carbocycles. The fraction of sp³-hybridized carbons (Fsp3) is 0.391. The van der Waals surface area contributed by atoms with E-state index in [-0.39, 0.29) is 23.6 Å². The Labute approximate surface area is 191 Å². The highest BCUT2D eigenvalue weighted by atomic mass is 32.2.